The standard InChI is InChI=1S/C27H33ClN2O4/c1-20(27(32)29-17-16-21-8-4-3-5-9-21)30(18-22-12-14-23(33-2)15-13-22)26(31)19-34-25-11-7-6-10-24(25)28/h6-8,10-15,20H,3-5,9,16-19H2,1-2H3,(H,29,32). The fourth-order valence-corrected chi connectivity index (χ4v) is 4.11. The molecule has 2 aromatic carbocycles. The highest BCUT2D eigenvalue weighted by molar-refractivity contribution is 6.32. The van der Waals surface area contributed by atoms with Crippen LogP contribution in [0.1, 0.15) is 44.6 Å². The van der Waals surface area contributed by atoms with E-state index in [9.17, 15) is 9.59 Å². The molecule has 6 nitrogen and oxygen atoms in total. The van der Waals surface area contributed by atoms with Gasteiger partial charge in [0.05, 0.1) is 12.1 Å². The smallest absolute Gasteiger partial charge is 0.261 e. The number of para-hydroxylation sites is 1. The second kappa shape index (κ2) is 13.0. The zero-order valence-corrected chi connectivity index (χ0v) is 20.6. The van der Waals surface area contributed by atoms with Gasteiger partial charge in [-0.25, -0.2) is 0 Å². The van der Waals surface area contributed by atoms with Crippen LogP contribution in [-0.4, -0.2) is 43.0 Å². The van der Waals surface area contributed by atoms with E-state index in [-0.39, 0.29) is 25.0 Å². The summed E-state index contributed by atoms with van der Waals surface area (Å²) in [6.07, 6.45) is 7.81. The number of nitrogens with one attached hydrogen (secondary N) is 1. The Hall–Kier alpha value is -2.99. The first kappa shape index (κ1) is 25.6. The molecule has 0 radical (unpaired) electrons. The molecule has 3 rings (SSSR count). The topological polar surface area (TPSA) is 67.9 Å². The second-order valence-electron chi connectivity index (χ2n) is 8.41. The molecular formula is C27H33ClN2O4. The highest BCUT2D eigenvalue weighted by atomic mass is 35.5. The third kappa shape index (κ3) is 7.52. The number of halogens is 1. The van der Waals surface area contributed by atoms with Crippen LogP contribution in [0.25, 0.3) is 0 Å². The normalized spacial score (nSPS) is 14.0. The van der Waals surface area contributed by atoms with Gasteiger partial charge in [-0.05, 0) is 68.9 Å². The van der Waals surface area contributed by atoms with Crippen molar-refractivity contribution in [3.05, 3.63) is 70.8 Å². The molecule has 0 saturated heterocycles. The van der Waals surface area contributed by atoms with Gasteiger partial charge < -0.3 is 19.7 Å². The van der Waals surface area contributed by atoms with Crippen LogP contribution >= 0.6 is 11.6 Å². The minimum absolute atomic E-state index is 0.184. The van der Waals surface area contributed by atoms with Gasteiger partial charge in [0, 0.05) is 13.1 Å². The summed E-state index contributed by atoms with van der Waals surface area (Å²) in [5.41, 5.74) is 2.29. The Morgan fingerprint density at radius 1 is 1.12 bits per heavy atom. The molecule has 1 atom stereocenters. The number of hydrogen-bond acceptors (Lipinski definition) is 4. The summed E-state index contributed by atoms with van der Waals surface area (Å²) in [6, 6.07) is 13.8. The van der Waals surface area contributed by atoms with Gasteiger partial charge in [0.25, 0.3) is 5.91 Å². The quantitative estimate of drug-likeness (QED) is 0.448. The lowest BCUT2D eigenvalue weighted by atomic mass is 9.97. The second-order valence-corrected chi connectivity index (χ2v) is 8.82. The molecule has 1 aliphatic carbocycles. The number of benzene rings is 2. The van der Waals surface area contributed by atoms with Crippen molar-refractivity contribution < 1.29 is 19.1 Å². The Bertz CT molecular complexity index is 990. The average Bonchev–Trinajstić information content (AvgIpc) is 2.87. The van der Waals surface area contributed by atoms with E-state index >= 15 is 0 Å². The molecule has 0 fully saturated rings. The average molecular weight is 485 g/mol. The molecule has 7 heteroatoms. The lowest BCUT2D eigenvalue weighted by Crippen LogP contribution is -2.49. The molecule has 2 aromatic rings. The van der Waals surface area contributed by atoms with E-state index in [1.165, 1.54) is 23.3 Å². The molecule has 34 heavy (non-hydrogen) atoms. The Morgan fingerprint density at radius 3 is 2.56 bits per heavy atom. The molecule has 0 saturated carbocycles. The number of amides is 2. The number of carbonyl (C=O) groups is 2. The third-order valence-corrected chi connectivity index (χ3v) is 6.31. The molecule has 1 N–H and O–H groups in total. The van der Waals surface area contributed by atoms with Crippen molar-refractivity contribution in [1.82, 2.24) is 10.2 Å². The van der Waals surface area contributed by atoms with Gasteiger partial charge in [-0.1, -0.05) is 47.5 Å². The molecule has 182 valence electrons. The van der Waals surface area contributed by atoms with Crippen molar-refractivity contribution in [2.45, 2.75) is 51.6 Å². The van der Waals surface area contributed by atoms with Crippen molar-refractivity contribution in [2.75, 3.05) is 20.3 Å². The maximum Gasteiger partial charge on any atom is 0.261 e. The van der Waals surface area contributed by atoms with Crippen LogP contribution in [0, 0.1) is 0 Å². The number of carbonyl (C=O) groups excluding carboxylic acids is 2. The fourth-order valence-electron chi connectivity index (χ4n) is 3.92. The van der Waals surface area contributed by atoms with Crippen molar-refractivity contribution in [1.29, 1.82) is 0 Å². The van der Waals surface area contributed by atoms with Gasteiger partial charge in [-0.2, -0.15) is 0 Å². The summed E-state index contributed by atoms with van der Waals surface area (Å²) < 4.78 is 10.9. The number of allylic oxidation sites excluding steroid dienone is 1. The van der Waals surface area contributed by atoms with Crippen molar-refractivity contribution in [2.24, 2.45) is 0 Å². The zero-order valence-electron chi connectivity index (χ0n) is 19.9. The van der Waals surface area contributed by atoms with Crippen LogP contribution in [0.5, 0.6) is 11.5 Å². The predicted octanol–water partition coefficient (Wildman–Crippen LogP) is 5.15. The number of rotatable bonds is 11. The minimum Gasteiger partial charge on any atom is -0.497 e. The summed E-state index contributed by atoms with van der Waals surface area (Å²) in [7, 11) is 1.60. The molecule has 2 amide bonds. The first-order chi connectivity index (χ1) is 16.5. The summed E-state index contributed by atoms with van der Waals surface area (Å²) in [5.74, 6) is 0.677. The maximum absolute atomic E-state index is 13.2. The number of hydrogen-bond donors (Lipinski definition) is 1. The van der Waals surface area contributed by atoms with Gasteiger partial charge in [-0.3, -0.25) is 9.59 Å². The Morgan fingerprint density at radius 2 is 1.88 bits per heavy atom. The number of methoxy groups -OCH3 is 1. The summed E-state index contributed by atoms with van der Waals surface area (Å²) in [4.78, 5) is 27.6. The lowest BCUT2D eigenvalue weighted by molar-refractivity contribution is -0.142. The van der Waals surface area contributed by atoms with E-state index in [1.54, 1.807) is 38.3 Å². The maximum atomic E-state index is 13.2. The molecule has 0 heterocycles. The van der Waals surface area contributed by atoms with Crippen molar-refractivity contribution in [3.63, 3.8) is 0 Å². The van der Waals surface area contributed by atoms with Crippen LogP contribution in [-0.2, 0) is 16.1 Å². The van der Waals surface area contributed by atoms with Crippen LogP contribution in [0.15, 0.2) is 60.2 Å². The van der Waals surface area contributed by atoms with E-state index in [0.717, 1.165) is 30.6 Å². The van der Waals surface area contributed by atoms with Crippen LogP contribution in [0.3, 0.4) is 0 Å². The van der Waals surface area contributed by atoms with Gasteiger partial charge >= 0.3 is 0 Å². The lowest BCUT2D eigenvalue weighted by Gasteiger charge is -2.29. The minimum atomic E-state index is -0.662. The fraction of sp³-hybridized carbons (Fsp3) is 0.407. The first-order valence-corrected chi connectivity index (χ1v) is 12.1. The molecule has 0 bridgehead atoms. The van der Waals surface area contributed by atoms with Crippen LogP contribution in [0.2, 0.25) is 5.02 Å². The molecule has 1 aliphatic rings. The highest BCUT2D eigenvalue weighted by Gasteiger charge is 2.26. The predicted molar refractivity (Wildman–Crippen MR) is 134 cm³/mol. The van der Waals surface area contributed by atoms with E-state index < -0.39 is 6.04 Å². The monoisotopic (exact) mass is 484 g/mol. The van der Waals surface area contributed by atoms with Crippen molar-refractivity contribution in [3.8, 4) is 11.5 Å². The van der Waals surface area contributed by atoms with E-state index in [1.807, 2.05) is 24.3 Å². The highest BCUT2D eigenvalue weighted by Crippen LogP contribution is 2.23. The Kier molecular flexibility index (Phi) is 9.83. The van der Waals surface area contributed by atoms with Gasteiger partial charge in [0.1, 0.15) is 17.5 Å². The summed E-state index contributed by atoms with van der Waals surface area (Å²) in [5, 5.41) is 3.43. The zero-order chi connectivity index (χ0) is 24.3. The SMILES string of the molecule is COc1ccc(CN(C(=O)COc2ccccc2Cl)C(C)C(=O)NCCC2=CCCCC2)cc1. The van der Waals surface area contributed by atoms with Crippen molar-refractivity contribution >= 4 is 23.4 Å². The Balaban J connectivity index is 1.65. The summed E-state index contributed by atoms with van der Waals surface area (Å²) in [6.45, 7) is 2.36. The van der Waals surface area contributed by atoms with Gasteiger partial charge in [0.2, 0.25) is 5.91 Å². The molecule has 0 aromatic heterocycles. The third-order valence-electron chi connectivity index (χ3n) is 6.00. The molecule has 0 spiro atoms. The number of ether oxygens (including phenoxy) is 2. The van der Waals surface area contributed by atoms with Gasteiger partial charge in [0.15, 0.2) is 6.61 Å². The van der Waals surface area contributed by atoms with Gasteiger partial charge in [-0.15, -0.1) is 0 Å². The van der Waals surface area contributed by atoms with E-state index in [2.05, 4.69) is 11.4 Å². The first-order valence-electron chi connectivity index (χ1n) is 11.7. The van der Waals surface area contributed by atoms with E-state index in [4.69, 9.17) is 21.1 Å². The number of nitrogens with zero attached hydrogens (tertiary/aromatic N) is 1. The largest absolute Gasteiger partial charge is 0.497 e. The molecule has 1 unspecified atom stereocenters. The molecular weight excluding hydrogens is 452 g/mol. The van der Waals surface area contributed by atoms with Crippen LogP contribution in [0.4, 0.5) is 0 Å². The summed E-state index contributed by atoms with van der Waals surface area (Å²) >= 11 is 6.15. The molecule has 0 aliphatic heterocycles. The van der Waals surface area contributed by atoms with E-state index in [0.29, 0.717) is 17.3 Å². The Labute approximate surface area is 206 Å². The van der Waals surface area contributed by atoms with Crippen LogP contribution < -0.4 is 14.8 Å².